The Morgan fingerprint density at radius 1 is 1.42 bits per heavy atom. The minimum atomic E-state index is -0.643. The van der Waals surface area contributed by atoms with Gasteiger partial charge in [-0.2, -0.15) is 11.8 Å². The van der Waals surface area contributed by atoms with E-state index in [0.717, 1.165) is 25.0 Å². The van der Waals surface area contributed by atoms with Gasteiger partial charge in [0.1, 0.15) is 0 Å². The molecule has 0 rings (SSSR count). The van der Waals surface area contributed by atoms with Crippen LogP contribution in [0.2, 0.25) is 0 Å². The zero-order valence-electron chi connectivity index (χ0n) is 8.34. The van der Waals surface area contributed by atoms with Gasteiger partial charge in [-0.25, -0.2) is 0 Å². The molecule has 0 saturated heterocycles. The van der Waals surface area contributed by atoms with Crippen molar-refractivity contribution in [3.8, 4) is 0 Å². The largest absolute Gasteiger partial charge is 0.388 e. The summed E-state index contributed by atoms with van der Waals surface area (Å²) in [5.74, 6) is 1.03. The fourth-order valence-corrected chi connectivity index (χ4v) is 1.78. The summed E-state index contributed by atoms with van der Waals surface area (Å²) in [6.07, 6.45) is 4.46. The molecule has 3 heteroatoms. The van der Waals surface area contributed by atoms with Gasteiger partial charge in [0.15, 0.2) is 0 Å². The third-order valence-electron chi connectivity index (χ3n) is 2.55. The van der Waals surface area contributed by atoms with Gasteiger partial charge in [0.25, 0.3) is 0 Å². The van der Waals surface area contributed by atoms with Gasteiger partial charge >= 0.3 is 0 Å². The molecule has 0 radical (unpaired) electrons. The molecule has 1 atom stereocenters. The lowest BCUT2D eigenvalue weighted by molar-refractivity contribution is 0.00576. The van der Waals surface area contributed by atoms with Gasteiger partial charge in [0.2, 0.25) is 0 Å². The van der Waals surface area contributed by atoms with E-state index in [1.807, 2.05) is 13.8 Å². The molecule has 0 saturated carbocycles. The Balaban J connectivity index is 3.93. The molecule has 0 unspecified atom stereocenters. The summed E-state index contributed by atoms with van der Waals surface area (Å²) < 4.78 is 0. The Labute approximate surface area is 79.9 Å². The zero-order chi connectivity index (χ0) is 9.61. The van der Waals surface area contributed by atoms with Gasteiger partial charge in [0, 0.05) is 6.04 Å². The molecule has 0 spiro atoms. The molecule has 0 amide bonds. The minimum absolute atomic E-state index is 0.0695. The maximum Gasteiger partial charge on any atom is 0.0793 e. The standard InChI is InChI=1S/C9H21NOS/c1-4-9(11,5-2)8(10)6-7-12-3/h8,11H,4-7,10H2,1-3H3/t8-/m0/s1. The first-order chi connectivity index (χ1) is 5.60. The normalized spacial score (nSPS) is 14.8. The van der Waals surface area contributed by atoms with E-state index in [1.54, 1.807) is 11.8 Å². The van der Waals surface area contributed by atoms with Gasteiger partial charge in [-0.1, -0.05) is 13.8 Å². The molecule has 0 aromatic rings. The summed E-state index contributed by atoms with van der Waals surface area (Å²) in [5.41, 5.74) is 5.25. The molecule has 12 heavy (non-hydrogen) atoms. The van der Waals surface area contributed by atoms with Crippen LogP contribution in [0.5, 0.6) is 0 Å². The van der Waals surface area contributed by atoms with E-state index < -0.39 is 5.60 Å². The molecule has 74 valence electrons. The predicted molar refractivity (Wildman–Crippen MR) is 56.5 cm³/mol. The summed E-state index contributed by atoms with van der Waals surface area (Å²) in [4.78, 5) is 0. The smallest absolute Gasteiger partial charge is 0.0793 e. The maximum absolute atomic E-state index is 9.99. The molecule has 0 heterocycles. The number of thioether (sulfide) groups is 1. The number of hydrogen-bond donors (Lipinski definition) is 2. The summed E-state index contributed by atoms with van der Waals surface area (Å²) in [6.45, 7) is 3.98. The SMILES string of the molecule is CCC(O)(CC)[C@@H](N)CCSC. The van der Waals surface area contributed by atoms with Crippen molar-refractivity contribution in [3.63, 3.8) is 0 Å². The van der Waals surface area contributed by atoms with Crippen molar-refractivity contribution in [1.82, 2.24) is 0 Å². The van der Waals surface area contributed by atoms with Crippen LogP contribution in [0.4, 0.5) is 0 Å². The van der Waals surface area contributed by atoms with Gasteiger partial charge in [0.05, 0.1) is 5.60 Å². The van der Waals surface area contributed by atoms with E-state index in [1.165, 1.54) is 0 Å². The van der Waals surface area contributed by atoms with Crippen LogP contribution in [-0.2, 0) is 0 Å². The van der Waals surface area contributed by atoms with Gasteiger partial charge in [-0.3, -0.25) is 0 Å². The van der Waals surface area contributed by atoms with Crippen LogP contribution in [-0.4, -0.2) is 28.8 Å². The number of hydrogen-bond acceptors (Lipinski definition) is 3. The maximum atomic E-state index is 9.99. The summed E-state index contributed by atoms with van der Waals surface area (Å²) in [7, 11) is 0. The molecule has 0 bridgehead atoms. The second-order valence-electron chi connectivity index (χ2n) is 3.20. The van der Waals surface area contributed by atoms with Crippen LogP contribution < -0.4 is 5.73 Å². The van der Waals surface area contributed by atoms with Crippen molar-refractivity contribution in [2.75, 3.05) is 12.0 Å². The van der Waals surface area contributed by atoms with Crippen LogP contribution >= 0.6 is 11.8 Å². The zero-order valence-corrected chi connectivity index (χ0v) is 9.16. The topological polar surface area (TPSA) is 46.2 Å². The third-order valence-corrected chi connectivity index (χ3v) is 3.19. The highest BCUT2D eigenvalue weighted by Crippen LogP contribution is 2.20. The van der Waals surface area contributed by atoms with E-state index in [4.69, 9.17) is 5.73 Å². The quantitative estimate of drug-likeness (QED) is 0.670. The van der Waals surface area contributed by atoms with Crippen molar-refractivity contribution in [3.05, 3.63) is 0 Å². The molecular formula is C9H21NOS. The van der Waals surface area contributed by atoms with E-state index in [0.29, 0.717) is 0 Å². The van der Waals surface area contributed by atoms with Gasteiger partial charge in [-0.05, 0) is 31.3 Å². The Hall–Kier alpha value is 0.270. The molecule has 0 fully saturated rings. The van der Waals surface area contributed by atoms with Crippen molar-refractivity contribution in [2.24, 2.45) is 5.73 Å². The van der Waals surface area contributed by atoms with E-state index >= 15 is 0 Å². The van der Waals surface area contributed by atoms with E-state index in [9.17, 15) is 5.11 Å². The molecule has 0 aliphatic heterocycles. The highest BCUT2D eigenvalue weighted by atomic mass is 32.2. The van der Waals surface area contributed by atoms with Crippen LogP contribution in [0.1, 0.15) is 33.1 Å². The Kier molecular flexibility index (Phi) is 5.97. The molecule has 0 aromatic heterocycles. The van der Waals surface area contributed by atoms with Crippen molar-refractivity contribution >= 4 is 11.8 Å². The Morgan fingerprint density at radius 2 is 1.92 bits per heavy atom. The number of rotatable bonds is 6. The molecule has 0 aromatic carbocycles. The predicted octanol–water partition coefficient (Wildman–Crippen LogP) is 1.62. The van der Waals surface area contributed by atoms with Crippen LogP contribution in [0.15, 0.2) is 0 Å². The molecule has 3 N–H and O–H groups in total. The Bertz CT molecular complexity index is 115. The number of nitrogens with two attached hydrogens (primary N) is 1. The first-order valence-electron chi connectivity index (χ1n) is 4.57. The van der Waals surface area contributed by atoms with Crippen LogP contribution in [0.25, 0.3) is 0 Å². The molecular weight excluding hydrogens is 170 g/mol. The summed E-state index contributed by atoms with van der Waals surface area (Å²) in [6, 6.07) is -0.0695. The van der Waals surface area contributed by atoms with Crippen molar-refractivity contribution < 1.29 is 5.11 Å². The molecule has 2 nitrogen and oxygen atoms in total. The fourth-order valence-electron chi connectivity index (χ4n) is 1.29. The summed E-state index contributed by atoms with van der Waals surface area (Å²) in [5, 5.41) is 9.99. The monoisotopic (exact) mass is 191 g/mol. The van der Waals surface area contributed by atoms with E-state index in [2.05, 4.69) is 6.26 Å². The van der Waals surface area contributed by atoms with Crippen molar-refractivity contribution in [2.45, 2.75) is 44.8 Å². The molecule has 0 aliphatic carbocycles. The second kappa shape index (κ2) is 5.84. The number of aliphatic hydroxyl groups is 1. The highest BCUT2D eigenvalue weighted by Gasteiger charge is 2.29. The first kappa shape index (κ1) is 12.3. The second-order valence-corrected chi connectivity index (χ2v) is 4.18. The average molecular weight is 191 g/mol. The lowest BCUT2D eigenvalue weighted by Crippen LogP contribution is -2.47. The first-order valence-corrected chi connectivity index (χ1v) is 5.97. The lowest BCUT2D eigenvalue weighted by atomic mass is 9.88. The van der Waals surface area contributed by atoms with Crippen LogP contribution in [0.3, 0.4) is 0 Å². The van der Waals surface area contributed by atoms with Crippen molar-refractivity contribution in [1.29, 1.82) is 0 Å². The average Bonchev–Trinajstić information content (AvgIpc) is 2.12. The minimum Gasteiger partial charge on any atom is -0.388 e. The molecule has 0 aliphatic rings. The van der Waals surface area contributed by atoms with Crippen LogP contribution in [0, 0.1) is 0 Å². The van der Waals surface area contributed by atoms with E-state index in [-0.39, 0.29) is 6.04 Å². The third kappa shape index (κ3) is 3.33. The Morgan fingerprint density at radius 3 is 2.25 bits per heavy atom. The van der Waals surface area contributed by atoms with Gasteiger partial charge < -0.3 is 10.8 Å². The fraction of sp³-hybridized carbons (Fsp3) is 1.00. The summed E-state index contributed by atoms with van der Waals surface area (Å²) >= 11 is 1.78. The highest BCUT2D eigenvalue weighted by molar-refractivity contribution is 7.98. The lowest BCUT2D eigenvalue weighted by Gasteiger charge is -2.31. The van der Waals surface area contributed by atoms with Gasteiger partial charge in [-0.15, -0.1) is 0 Å².